The van der Waals surface area contributed by atoms with Gasteiger partial charge in [-0.05, 0) is 43.0 Å². The van der Waals surface area contributed by atoms with E-state index < -0.39 is 12.1 Å². The van der Waals surface area contributed by atoms with Crippen LogP contribution in [0.25, 0.3) is 0 Å². The number of ether oxygens (including phenoxy) is 2. The lowest BCUT2D eigenvalue weighted by molar-refractivity contribution is -0.162. The summed E-state index contributed by atoms with van der Waals surface area (Å²) in [4.78, 5) is 25.5. The third-order valence-electron chi connectivity index (χ3n) is 5.20. The standard InChI is InChI=1S/C22H26N2O4/c1-15(8-9-16-10-12-18(13-11-16)20(23)25)24-14-19(17-6-4-3-5-7-17)28-21(24)22(26)27-2/h3-7,10-13,15,19,21H,8-9,14H2,1-2H3,(H2,23,25)/t15-,19+,21?/m1/s1. The van der Waals surface area contributed by atoms with E-state index in [1.807, 2.05) is 42.5 Å². The van der Waals surface area contributed by atoms with E-state index in [0.29, 0.717) is 12.1 Å². The number of amides is 1. The van der Waals surface area contributed by atoms with Crippen molar-refractivity contribution in [1.29, 1.82) is 0 Å². The fraction of sp³-hybridized carbons (Fsp3) is 0.364. The zero-order chi connectivity index (χ0) is 20.1. The monoisotopic (exact) mass is 382 g/mol. The maximum Gasteiger partial charge on any atom is 0.350 e. The van der Waals surface area contributed by atoms with Crippen LogP contribution in [0.4, 0.5) is 0 Å². The highest BCUT2D eigenvalue weighted by molar-refractivity contribution is 5.92. The van der Waals surface area contributed by atoms with Crippen molar-refractivity contribution in [2.75, 3.05) is 13.7 Å². The van der Waals surface area contributed by atoms with E-state index in [2.05, 4.69) is 11.8 Å². The van der Waals surface area contributed by atoms with Gasteiger partial charge in [0.25, 0.3) is 0 Å². The topological polar surface area (TPSA) is 81.9 Å². The normalized spacial score (nSPS) is 20.6. The molecule has 0 aromatic heterocycles. The highest BCUT2D eigenvalue weighted by Crippen LogP contribution is 2.31. The molecule has 1 fully saturated rings. The van der Waals surface area contributed by atoms with Crippen LogP contribution in [0.1, 0.15) is 40.9 Å². The number of nitrogens with zero attached hydrogens (tertiary/aromatic N) is 1. The quantitative estimate of drug-likeness (QED) is 0.745. The molecule has 2 aromatic carbocycles. The molecule has 1 aliphatic rings. The second kappa shape index (κ2) is 8.99. The molecule has 3 rings (SSSR count). The summed E-state index contributed by atoms with van der Waals surface area (Å²) in [5.41, 5.74) is 7.95. The van der Waals surface area contributed by atoms with E-state index >= 15 is 0 Å². The molecule has 28 heavy (non-hydrogen) atoms. The molecular weight excluding hydrogens is 356 g/mol. The smallest absolute Gasteiger partial charge is 0.350 e. The van der Waals surface area contributed by atoms with Gasteiger partial charge in [-0.15, -0.1) is 0 Å². The fourth-order valence-corrected chi connectivity index (χ4v) is 3.50. The number of nitrogens with two attached hydrogens (primary N) is 1. The second-order valence-corrected chi connectivity index (χ2v) is 7.06. The molecule has 1 saturated heterocycles. The number of aryl methyl sites for hydroxylation is 1. The average Bonchev–Trinajstić information content (AvgIpc) is 3.18. The molecule has 6 heteroatoms. The molecule has 1 amide bonds. The third-order valence-corrected chi connectivity index (χ3v) is 5.20. The Morgan fingerprint density at radius 3 is 2.46 bits per heavy atom. The Kier molecular flexibility index (Phi) is 6.44. The van der Waals surface area contributed by atoms with Crippen LogP contribution in [0.2, 0.25) is 0 Å². The van der Waals surface area contributed by atoms with Crippen LogP contribution in [0, 0.1) is 0 Å². The molecule has 0 saturated carbocycles. The summed E-state index contributed by atoms with van der Waals surface area (Å²) in [6.07, 6.45) is 0.791. The second-order valence-electron chi connectivity index (χ2n) is 7.06. The van der Waals surface area contributed by atoms with Crippen molar-refractivity contribution in [3.05, 3.63) is 71.3 Å². The minimum atomic E-state index is -0.706. The number of primary amides is 1. The van der Waals surface area contributed by atoms with Crippen molar-refractivity contribution in [3.63, 3.8) is 0 Å². The molecule has 6 nitrogen and oxygen atoms in total. The largest absolute Gasteiger partial charge is 0.466 e. The van der Waals surface area contributed by atoms with Gasteiger partial charge in [-0.1, -0.05) is 42.5 Å². The first-order valence-corrected chi connectivity index (χ1v) is 9.42. The van der Waals surface area contributed by atoms with Gasteiger partial charge in [0.2, 0.25) is 12.1 Å². The van der Waals surface area contributed by atoms with Crippen LogP contribution >= 0.6 is 0 Å². The van der Waals surface area contributed by atoms with Gasteiger partial charge in [-0.3, -0.25) is 9.69 Å². The van der Waals surface area contributed by atoms with Gasteiger partial charge in [0.05, 0.1) is 13.2 Å². The van der Waals surface area contributed by atoms with Crippen molar-refractivity contribution in [2.45, 2.75) is 38.1 Å². The van der Waals surface area contributed by atoms with E-state index in [4.69, 9.17) is 15.2 Å². The van der Waals surface area contributed by atoms with E-state index in [0.717, 1.165) is 24.0 Å². The van der Waals surface area contributed by atoms with Crippen LogP contribution in [-0.4, -0.2) is 42.7 Å². The van der Waals surface area contributed by atoms with Gasteiger partial charge >= 0.3 is 5.97 Å². The molecule has 0 aliphatic carbocycles. The fourth-order valence-electron chi connectivity index (χ4n) is 3.50. The first-order chi connectivity index (χ1) is 13.5. The van der Waals surface area contributed by atoms with Gasteiger partial charge in [-0.25, -0.2) is 4.79 Å². The summed E-state index contributed by atoms with van der Waals surface area (Å²) in [7, 11) is 1.38. The first kappa shape index (κ1) is 20.0. The summed E-state index contributed by atoms with van der Waals surface area (Å²) in [6.45, 7) is 2.72. The molecule has 2 N–H and O–H groups in total. The summed E-state index contributed by atoms with van der Waals surface area (Å²) < 4.78 is 11.0. The number of methoxy groups -OCH3 is 1. The Bertz CT molecular complexity index is 807. The Labute approximate surface area is 165 Å². The molecule has 148 valence electrons. The maximum atomic E-state index is 12.2. The Balaban J connectivity index is 1.66. The molecule has 2 aromatic rings. The summed E-state index contributed by atoms with van der Waals surface area (Å²) >= 11 is 0. The Hall–Kier alpha value is -2.70. The lowest BCUT2D eigenvalue weighted by atomic mass is 10.0. The first-order valence-electron chi connectivity index (χ1n) is 9.42. The maximum absolute atomic E-state index is 12.2. The van der Waals surface area contributed by atoms with Gasteiger partial charge in [0.1, 0.15) is 0 Å². The average molecular weight is 382 g/mol. The number of esters is 1. The summed E-state index contributed by atoms with van der Waals surface area (Å²) in [5, 5.41) is 0. The zero-order valence-electron chi connectivity index (χ0n) is 16.2. The number of rotatable bonds is 7. The van der Waals surface area contributed by atoms with E-state index in [9.17, 15) is 9.59 Å². The predicted molar refractivity (Wildman–Crippen MR) is 106 cm³/mol. The van der Waals surface area contributed by atoms with Crippen molar-refractivity contribution in [2.24, 2.45) is 5.73 Å². The van der Waals surface area contributed by atoms with Crippen LogP contribution in [0.15, 0.2) is 54.6 Å². The van der Waals surface area contributed by atoms with Crippen LogP contribution in [-0.2, 0) is 20.7 Å². The van der Waals surface area contributed by atoms with Gasteiger partial charge in [-0.2, -0.15) is 0 Å². The van der Waals surface area contributed by atoms with Crippen molar-refractivity contribution in [3.8, 4) is 0 Å². The molecule has 3 atom stereocenters. The molecule has 0 radical (unpaired) electrons. The van der Waals surface area contributed by atoms with Gasteiger partial charge in [0.15, 0.2) is 0 Å². The van der Waals surface area contributed by atoms with E-state index in [1.165, 1.54) is 7.11 Å². The van der Waals surface area contributed by atoms with Crippen LogP contribution < -0.4 is 5.73 Å². The molecule has 1 unspecified atom stereocenters. The van der Waals surface area contributed by atoms with E-state index in [1.54, 1.807) is 12.1 Å². The molecule has 0 spiro atoms. The zero-order valence-corrected chi connectivity index (χ0v) is 16.2. The molecule has 1 aliphatic heterocycles. The predicted octanol–water partition coefficient (Wildman–Crippen LogP) is 2.68. The third kappa shape index (κ3) is 4.58. The highest BCUT2D eigenvalue weighted by Gasteiger charge is 2.41. The SMILES string of the molecule is COC(=O)C1O[C@H](c2ccccc2)CN1[C@H](C)CCc1ccc(C(N)=O)cc1. The number of hydrogen-bond acceptors (Lipinski definition) is 5. The van der Waals surface area contributed by atoms with Gasteiger partial charge in [0, 0.05) is 18.2 Å². The van der Waals surface area contributed by atoms with Crippen LogP contribution in [0.3, 0.4) is 0 Å². The minimum Gasteiger partial charge on any atom is -0.466 e. The Morgan fingerprint density at radius 2 is 1.86 bits per heavy atom. The van der Waals surface area contributed by atoms with E-state index in [-0.39, 0.29) is 18.1 Å². The number of carbonyl (C=O) groups excluding carboxylic acids is 2. The molecule has 1 heterocycles. The lowest BCUT2D eigenvalue weighted by Crippen LogP contribution is -2.43. The van der Waals surface area contributed by atoms with Gasteiger partial charge < -0.3 is 15.2 Å². The summed E-state index contributed by atoms with van der Waals surface area (Å²) in [6, 6.07) is 17.3. The number of benzene rings is 2. The van der Waals surface area contributed by atoms with Crippen molar-refractivity contribution >= 4 is 11.9 Å². The van der Waals surface area contributed by atoms with Crippen molar-refractivity contribution < 1.29 is 19.1 Å². The number of carbonyl (C=O) groups is 2. The summed E-state index contributed by atoms with van der Waals surface area (Å²) in [5.74, 6) is -0.807. The lowest BCUT2D eigenvalue weighted by Gasteiger charge is -2.27. The van der Waals surface area contributed by atoms with Crippen molar-refractivity contribution in [1.82, 2.24) is 4.90 Å². The van der Waals surface area contributed by atoms with Crippen LogP contribution in [0.5, 0.6) is 0 Å². The molecule has 0 bridgehead atoms. The Morgan fingerprint density at radius 1 is 1.18 bits per heavy atom. The highest BCUT2D eigenvalue weighted by atomic mass is 16.6. The number of hydrogen-bond donors (Lipinski definition) is 1. The molecular formula is C22H26N2O4. The minimum absolute atomic E-state index is 0.119.